The molecule has 4 nitrogen and oxygen atoms in total. The van der Waals surface area contributed by atoms with Gasteiger partial charge in [-0.3, -0.25) is 0 Å². The molecule has 0 saturated carbocycles. The fraction of sp³-hybridized carbons (Fsp3) is 0.900. The van der Waals surface area contributed by atoms with E-state index < -0.39 is 11.6 Å². The largest absolute Gasteiger partial charge is 1.00 e. The monoisotopic (exact) mass is 313 g/mol. The smallest absolute Gasteiger partial charge is 0.547 e. The molecule has 0 saturated heterocycles. The SMILES string of the molecule is C.CC(C)(O)C(=O)[O-].CCC(C)(C)N.[Ag+]. The first kappa shape index (κ1) is 24.4. The maximum absolute atomic E-state index is 9.66. The second-order valence-corrected chi connectivity index (χ2v) is 4.19. The maximum atomic E-state index is 9.66. The van der Waals surface area contributed by atoms with Crippen molar-refractivity contribution in [3.63, 3.8) is 0 Å². The first-order valence-electron chi connectivity index (χ1n) is 4.23. The fourth-order valence-electron chi connectivity index (χ4n) is 0. The molecule has 0 aromatic carbocycles. The predicted molar refractivity (Wildman–Crippen MR) is 56.6 cm³/mol. The molecule has 0 aliphatic heterocycles. The number of carboxylic acid groups (broad SMARTS) is 1. The Bertz CT molecular complexity index is 159. The Morgan fingerprint density at radius 2 is 1.47 bits per heavy atom. The average Bonchev–Trinajstić information content (AvgIpc) is 1.85. The summed E-state index contributed by atoms with van der Waals surface area (Å²) in [4.78, 5) is 9.66. The topological polar surface area (TPSA) is 86.4 Å². The Hall–Kier alpha value is 0.130. The van der Waals surface area contributed by atoms with E-state index in [0.717, 1.165) is 20.3 Å². The summed E-state index contributed by atoms with van der Waals surface area (Å²) < 4.78 is 0. The summed E-state index contributed by atoms with van der Waals surface area (Å²) >= 11 is 0. The number of hydrogen-bond donors (Lipinski definition) is 2. The van der Waals surface area contributed by atoms with Gasteiger partial charge in [-0.25, -0.2) is 0 Å². The van der Waals surface area contributed by atoms with Crippen LogP contribution in [0.5, 0.6) is 0 Å². The molecule has 0 radical (unpaired) electrons. The molecule has 0 aliphatic rings. The summed E-state index contributed by atoms with van der Waals surface area (Å²) in [7, 11) is 0. The average molecular weight is 314 g/mol. The number of aliphatic hydroxyl groups is 1. The van der Waals surface area contributed by atoms with Crippen molar-refractivity contribution in [2.24, 2.45) is 5.73 Å². The van der Waals surface area contributed by atoms with E-state index >= 15 is 0 Å². The van der Waals surface area contributed by atoms with Gasteiger partial charge in [0.25, 0.3) is 0 Å². The first-order valence-corrected chi connectivity index (χ1v) is 4.23. The van der Waals surface area contributed by atoms with E-state index in [4.69, 9.17) is 10.8 Å². The van der Waals surface area contributed by atoms with Crippen LogP contribution in [0.3, 0.4) is 0 Å². The molecule has 5 heteroatoms. The van der Waals surface area contributed by atoms with Crippen molar-refractivity contribution in [1.29, 1.82) is 0 Å². The molecule has 0 aliphatic carbocycles. The summed E-state index contributed by atoms with van der Waals surface area (Å²) in [6.07, 6.45) is 1.05. The maximum Gasteiger partial charge on any atom is 1.00 e. The second kappa shape index (κ2) is 9.36. The Balaban J connectivity index is -0.0000000718. The van der Waals surface area contributed by atoms with Gasteiger partial charge in [-0.15, -0.1) is 0 Å². The Morgan fingerprint density at radius 1 is 1.33 bits per heavy atom. The zero-order chi connectivity index (χ0) is 11.3. The van der Waals surface area contributed by atoms with E-state index in [1.807, 2.05) is 13.8 Å². The molecule has 0 amide bonds. The molecule has 98 valence electrons. The number of rotatable bonds is 2. The molecule has 3 N–H and O–H groups in total. The van der Waals surface area contributed by atoms with Gasteiger partial charge in [0.15, 0.2) is 0 Å². The van der Waals surface area contributed by atoms with Crippen LogP contribution in [0.2, 0.25) is 0 Å². The number of aliphatic carboxylic acids is 1. The summed E-state index contributed by atoms with van der Waals surface area (Å²) in [6, 6.07) is 0. The van der Waals surface area contributed by atoms with E-state index in [9.17, 15) is 9.90 Å². The predicted octanol–water partition coefficient (Wildman–Crippen LogP) is 0.274. The van der Waals surface area contributed by atoms with Gasteiger partial charge in [-0.2, -0.15) is 0 Å². The Kier molecular flexibility index (Phi) is 15.2. The number of carbonyl (C=O) groups excluding carboxylic acids is 1. The minimum Gasteiger partial charge on any atom is -0.547 e. The van der Waals surface area contributed by atoms with Crippen LogP contribution < -0.4 is 10.8 Å². The standard InChI is InChI=1S/C5H13N.C4H8O3.CH4.Ag/c1-4-5(2,3)6;1-4(2,7)3(5)6;;/h4,6H2,1-3H3;7H,1-2H3,(H,5,6);1H4;/q;;;+1/p-1. The van der Waals surface area contributed by atoms with Crippen molar-refractivity contribution in [3.8, 4) is 0 Å². The van der Waals surface area contributed by atoms with Crippen LogP contribution in [0.15, 0.2) is 0 Å². The van der Waals surface area contributed by atoms with Gasteiger partial charge in [0, 0.05) is 5.54 Å². The summed E-state index contributed by atoms with van der Waals surface area (Å²) in [6.45, 7) is 8.44. The molecule has 0 heterocycles. The molecule has 0 unspecified atom stereocenters. The first-order chi connectivity index (χ1) is 5.50. The minimum absolute atomic E-state index is 0. The normalized spacial score (nSPS) is 10.1. The Morgan fingerprint density at radius 3 is 1.47 bits per heavy atom. The van der Waals surface area contributed by atoms with E-state index in [0.29, 0.717) is 0 Å². The van der Waals surface area contributed by atoms with Gasteiger partial charge in [0.1, 0.15) is 0 Å². The summed E-state index contributed by atoms with van der Waals surface area (Å²) in [5.41, 5.74) is 3.88. The minimum atomic E-state index is -1.69. The van der Waals surface area contributed by atoms with Crippen LogP contribution in [0, 0.1) is 0 Å². The molecule has 0 rings (SSSR count). The molecule has 0 bridgehead atoms. The third-order valence-corrected chi connectivity index (χ3v) is 1.41. The number of carbonyl (C=O) groups is 1. The van der Waals surface area contributed by atoms with Crippen LogP contribution in [-0.4, -0.2) is 22.2 Å². The zero-order valence-electron chi connectivity index (χ0n) is 9.35. The second-order valence-electron chi connectivity index (χ2n) is 4.19. The third kappa shape index (κ3) is 24.9. The van der Waals surface area contributed by atoms with Crippen LogP contribution in [0.1, 0.15) is 48.5 Å². The van der Waals surface area contributed by atoms with Gasteiger partial charge >= 0.3 is 22.4 Å². The van der Waals surface area contributed by atoms with Crippen molar-refractivity contribution >= 4 is 5.97 Å². The van der Waals surface area contributed by atoms with Crippen molar-refractivity contribution < 1.29 is 37.4 Å². The van der Waals surface area contributed by atoms with Gasteiger partial charge in [-0.05, 0) is 34.1 Å². The van der Waals surface area contributed by atoms with E-state index in [1.54, 1.807) is 0 Å². The molecular formula is C10H24AgNO3. The fourth-order valence-corrected chi connectivity index (χ4v) is 0. The zero-order valence-corrected chi connectivity index (χ0v) is 10.8. The number of carboxylic acids is 1. The van der Waals surface area contributed by atoms with Crippen LogP contribution in [0.25, 0.3) is 0 Å². The van der Waals surface area contributed by atoms with E-state index in [1.165, 1.54) is 0 Å². The summed E-state index contributed by atoms with van der Waals surface area (Å²) in [5, 5.41) is 18.1. The molecule has 0 spiro atoms. The quantitative estimate of drug-likeness (QED) is 0.717. The van der Waals surface area contributed by atoms with Crippen LogP contribution >= 0.6 is 0 Å². The molecule has 0 aromatic heterocycles. The molecule has 0 fully saturated rings. The van der Waals surface area contributed by atoms with Crippen molar-refractivity contribution in [3.05, 3.63) is 0 Å². The van der Waals surface area contributed by atoms with Gasteiger partial charge in [0.2, 0.25) is 0 Å². The van der Waals surface area contributed by atoms with Gasteiger partial charge in [0.05, 0.1) is 11.6 Å². The van der Waals surface area contributed by atoms with Crippen LogP contribution in [0.4, 0.5) is 0 Å². The van der Waals surface area contributed by atoms with Crippen molar-refractivity contribution in [2.75, 3.05) is 0 Å². The van der Waals surface area contributed by atoms with Gasteiger partial charge in [-0.1, -0.05) is 14.4 Å². The third-order valence-electron chi connectivity index (χ3n) is 1.41. The van der Waals surface area contributed by atoms with Crippen molar-refractivity contribution in [1.82, 2.24) is 0 Å². The molecule has 15 heavy (non-hydrogen) atoms. The Labute approximate surface area is 109 Å². The van der Waals surface area contributed by atoms with E-state index in [2.05, 4.69) is 6.92 Å². The van der Waals surface area contributed by atoms with E-state index in [-0.39, 0.29) is 35.3 Å². The molecule has 0 aromatic rings. The molecular weight excluding hydrogens is 290 g/mol. The van der Waals surface area contributed by atoms with Crippen LogP contribution in [-0.2, 0) is 27.2 Å². The van der Waals surface area contributed by atoms with Crippen molar-refractivity contribution in [2.45, 2.75) is 59.6 Å². The number of hydrogen-bond acceptors (Lipinski definition) is 4. The molecule has 0 atom stereocenters. The van der Waals surface area contributed by atoms with Gasteiger partial charge < -0.3 is 20.7 Å². The number of nitrogens with two attached hydrogens (primary N) is 1. The summed E-state index contributed by atoms with van der Waals surface area (Å²) in [5.74, 6) is -1.45.